The number of rotatable bonds is 14. The van der Waals surface area contributed by atoms with Gasteiger partial charge in [0, 0.05) is 6.42 Å². The summed E-state index contributed by atoms with van der Waals surface area (Å²) in [5.41, 5.74) is 7.17. The van der Waals surface area contributed by atoms with Gasteiger partial charge in [0.1, 0.15) is 5.78 Å². The molecule has 1 aromatic rings. The summed E-state index contributed by atoms with van der Waals surface area (Å²) < 4.78 is 0. The predicted molar refractivity (Wildman–Crippen MR) is 99.6 cm³/mol. The average Bonchev–Trinajstić information content (AvgIpc) is 2.57. The van der Waals surface area contributed by atoms with Crippen LogP contribution in [0.3, 0.4) is 0 Å². The van der Waals surface area contributed by atoms with Crippen LogP contribution in [0, 0.1) is 0 Å². The number of benzene rings is 1. The molecule has 0 spiro atoms. The van der Waals surface area contributed by atoms with Gasteiger partial charge in [-0.1, -0.05) is 95.0 Å². The Kier molecular flexibility index (Phi) is 11.5. The Labute approximate surface area is 142 Å². The number of ketones is 1. The van der Waals surface area contributed by atoms with Crippen molar-refractivity contribution in [1.82, 2.24) is 0 Å². The van der Waals surface area contributed by atoms with Crippen LogP contribution < -0.4 is 5.73 Å². The van der Waals surface area contributed by atoms with Crippen molar-refractivity contribution in [2.45, 2.75) is 90.0 Å². The Morgan fingerprint density at radius 2 is 1.39 bits per heavy atom. The smallest absolute Gasteiger partial charge is 0.149 e. The fraction of sp³-hybridized carbons (Fsp3) is 0.667. The first-order valence-electron chi connectivity index (χ1n) is 9.56. The summed E-state index contributed by atoms with van der Waals surface area (Å²) in [5.74, 6) is 0.216. The van der Waals surface area contributed by atoms with Crippen molar-refractivity contribution in [2.24, 2.45) is 5.73 Å². The van der Waals surface area contributed by atoms with Crippen LogP contribution in [0.15, 0.2) is 30.3 Å². The highest BCUT2D eigenvalue weighted by molar-refractivity contribution is 5.84. The van der Waals surface area contributed by atoms with Gasteiger partial charge in [0.2, 0.25) is 0 Å². The molecule has 0 aromatic heterocycles. The van der Waals surface area contributed by atoms with Crippen LogP contribution >= 0.6 is 0 Å². The maximum absolute atomic E-state index is 12.1. The Hall–Kier alpha value is -1.15. The summed E-state index contributed by atoms with van der Waals surface area (Å²) in [4.78, 5) is 12.1. The quantitative estimate of drug-likeness (QED) is 0.464. The molecule has 1 atom stereocenters. The molecule has 130 valence electrons. The lowest BCUT2D eigenvalue weighted by atomic mass is 9.99. The molecule has 0 heterocycles. The highest BCUT2D eigenvalue weighted by Gasteiger charge is 2.13. The van der Waals surface area contributed by atoms with E-state index in [0.29, 0.717) is 12.8 Å². The van der Waals surface area contributed by atoms with Gasteiger partial charge in [0.05, 0.1) is 6.04 Å². The summed E-state index contributed by atoms with van der Waals surface area (Å²) in [6.07, 6.45) is 14.3. The second-order valence-corrected chi connectivity index (χ2v) is 6.69. The standard InChI is InChI=1S/C21H35NO/c1-2-3-4-5-6-7-8-9-10-14-17-21(23)20(22)18-19-15-12-11-13-16-19/h11-13,15-16,20H,2-10,14,17-18,22H2,1H3/t20-/m0/s1. The molecule has 1 aromatic carbocycles. The Morgan fingerprint density at radius 1 is 0.870 bits per heavy atom. The van der Waals surface area contributed by atoms with Gasteiger partial charge in [-0.05, 0) is 18.4 Å². The second kappa shape index (κ2) is 13.3. The normalized spacial score (nSPS) is 12.3. The molecule has 23 heavy (non-hydrogen) atoms. The van der Waals surface area contributed by atoms with Crippen LogP contribution in [0.5, 0.6) is 0 Å². The molecule has 2 N–H and O–H groups in total. The average molecular weight is 318 g/mol. The van der Waals surface area contributed by atoms with Gasteiger partial charge >= 0.3 is 0 Å². The van der Waals surface area contributed by atoms with Gasteiger partial charge in [-0.3, -0.25) is 4.79 Å². The van der Waals surface area contributed by atoms with Crippen molar-refractivity contribution < 1.29 is 4.79 Å². The third kappa shape index (κ3) is 10.3. The number of hydrogen-bond acceptors (Lipinski definition) is 2. The number of carbonyl (C=O) groups excluding carboxylic acids is 1. The lowest BCUT2D eigenvalue weighted by molar-refractivity contribution is -0.120. The zero-order chi connectivity index (χ0) is 16.8. The van der Waals surface area contributed by atoms with E-state index >= 15 is 0 Å². The summed E-state index contributed by atoms with van der Waals surface area (Å²) in [6.45, 7) is 2.26. The van der Waals surface area contributed by atoms with Crippen molar-refractivity contribution in [2.75, 3.05) is 0 Å². The molecule has 1 rings (SSSR count). The number of Topliss-reactive ketones (excluding diaryl/α,β-unsaturated/α-hetero) is 1. The van der Waals surface area contributed by atoms with E-state index in [9.17, 15) is 4.79 Å². The predicted octanol–water partition coefficient (Wildman–Crippen LogP) is 5.44. The molecule has 0 aliphatic rings. The van der Waals surface area contributed by atoms with Gasteiger partial charge in [-0.15, -0.1) is 0 Å². The van der Waals surface area contributed by atoms with Crippen LogP contribution in [0.2, 0.25) is 0 Å². The molecule has 0 aliphatic heterocycles. The Balaban J connectivity index is 1.97. The first kappa shape index (κ1) is 19.9. The second-order valence-electron chi connectivity index (χ2n) is 6.69. The molecule has 0 saturated carbocycles. The van der Waals surface area contributed by atoms with E-state index in [2.05, 4.69) is 6.92 Å². The summed E-state index contributed by atoms with van der Waals surface area (Å²) >= 11 is 0. The largest absolute Gasteiger partial charge is 0.321 e. The van der Waals surface area contributed by atoms with Crippen LogP contribution in [-0.4, -0.2) is 11.8 Å². The SMILES string of the molecule is CCCCCCCCCCCCC(=O)[C@@H](N)Cc1ccccc1. The molecule has 0 amide bonds. The van der Waals surface area contributed by atoms with E-state index in [-0.39, 0.29) is 11.8 Å². The molecule has 2 heteroatoms. The van der Waals surface area contributed by atoms with Crippen LogP contribution in [0.4, 0.5) is 0 Å². The van der Waals surface area contributed by atoms with E-state index in [0.717, 1.165) is 12.0 Å². The third-order valence-electron chi connectivity index (χ3n) is 4.49. The van der Waals surface area contributed by atoms with E-state index < -0.39 is 0 Å². The topological polar surface area (TPSA) is 43.1 Å². The molecule has 0 fully saturated rings. The maximum Gasteiger partial charge on any atom is 0.149 e. The van der Waals surface area contributed by atoms with Gasteiger partial charge in [-0.25, -0.2) is 0 Å². The van der Waals surface area contributed by atoms with Gasteiger partial charge in [0.25, 0.3) is 0 Å². The maximum atomic E-state index is 12.1. The molecule has 0 radical (unpaired) electrons. The molecule has 2 nitrogen and oxygen atoms in total. The van der Waals surface area contributed by atoms with Crippen molar-refractivity contribution in [3.63, 3.8) is 0 Å². The highest BCUT2D eigenvalue weighted by atomic mass is 16.1. The number of unbranched alkanes of at least 4 members (excludes halogenated alkanes) is 9. The fourth-order valence-corrected chi connectivity index (χ4v) is 2.95. The van der Waals surface area contributed by atoms with E-state index in [1.807, 2.05) is 30.3 Å². The summed E-state index contributed by atoms with van der Waals surface area (Å²) in [6, 6.07) is 9.71. The van der Waals surface area contributed by atoms with Crippen molar-refractivity contribution in [3.05, 3.63) is 35.9 Å². The molecule has 0 bridgehead atoms. The Bertz CT molecular complexity index is 402. The summed E-state index contributed by atoms with van der Waals surface area (Å²) in [7, 11) is 0. The molecular formula is C21H35NO. The Morgan fingerprint density at radius 3 is 1.96 bits per heavy atom. The monoisotopic (exact) mass is 317 g/mol. The molecule has 0 saturated heterocycles. The van der Waals surface area contributed by atoms with Crippen molar-refractivity contribution in [1.29, 1.82) is 0 Å². The summed E-state index contributed by atoms with van der Waals surface area (Å²) in [5, 5.41) is 0. The van der Waals surface area contributed by atoms with E-state index in [1.54, 1.807) is 0 Å². The molecular weight excluding hydrogens is 282 g/mol. The zero-order valence-electron chi connectivity index (χ0n) is 14.9. The van der Waals surface area contributed by atoms with E-state index in [1.165, 1.54) is 57.8 Å². The number of hydrogen-bond donors (Lipinski definition) is 1. The third-order valence-corrected chi connectivity index (χ3v) is 4.49. The minimum Gasteiger partial charge on any atom is -0.321 e. The first-order valence-corrected chi connectivity index (χ1v) is 9.56. The highest BCUT2D eigenvalue weighted by Crippen LogP contribution is 2.12. The zero-order valence-corrected chi connectivity index (χ0v) is 14.9. The van der Waals surface area contributed by atoms with Crippen LogP contribution in [0.25, 0.3) is 0 Å². The molecule has 0 unspecified atom stereocenters. The van der Waals surface area contributed by atoms with Gasteiger partial charge in [0.15, 0.2) is 0 Å². The van der Waals surface area contributed by atoms with E-state index in [4.69, 9.17) is 5.73 Å². The van der Waals surface area contributed by atoms with Crippen LogP contribution in [0.1, 0.15) is 83.1 Å². The number of carbonyl (C=O) groups is 1. The minimum atomic E-state index is -0.337. The fourth-order valence-electron chi connectivity index (χ4n) is 2.95. The van der Waals surface area contributed by atoms with Crippen molar-refractivity contribution >= 4 is 5.78 Å². The number of nitrogens with two attached hydrogens (primary N) is 1. The minimum absolute atomic E-state index is 0.216. The van der Waals surface area contributed by atoms with Crippen molar-refractivity contribution in [3.8, 4) is 0 Å². The first-order chi connectivity index (χ1) is 11.2. The lowest BCUT2D eigenvalue weighted by Gasteiger charge is -2.10. The van der Waals surface area contributed by atoms with Crippen LogP contribution in [-0.2, 0) is 11.2 Å². The lowest BCUT2D eigenvalue weighted by Crippen LogP contribution is -2.32. The van der Waals surface area contributed by atoms with Gasteiger partial charge in [-0.2, -0.15) is 0 Å². The molecule has 0 aliphatic carbocycles. The van der Waals surface area contributed by atoms with Gasteiger partial charge < -0.3 is 5.73 Å².